The number of methoxy groups -OCH3 is 1. The van der Waals surface area contributed by atoms with Crippen molar-refractivity contribution in [3.63, 3.8) is 0 Å². The molecular weight excluding hydrogens is 483 g/mol. The summed E-state index contributed by atoms with van der Waals surface area (Å²) in [5.74, 6) is 3.18. The van der Waals surface area contributed by atoms with Gasteiger partial charge in [0.05, 0.1) is 13.7 Å². The summed E-state index contributed by atoms with van der Waals surface area (Å²) in [5, 5.41) is 15.0. The number of guanidine groups is 1. The van der Waals surface area contributed by atoms with Gasteiger partial charge in [0.25, 0.3) is 0 Å². The zero-order valence-corrected chi connectivity index (χ0v) is 19.2. The summed E-state index contributed by atoms with van der Waals surface area (Å²) in [6, 6.07) is 13.4. The minimum Gasteiger partial charge on any atom is -0.497 e. The minimum absolute atomic E-state index is 0. The van der Waals surface area contributed by atoms with E-state index in [-0.39, 0.29) is 30.1 Å². The Morgan fingerprint density at radius 2 is 1.97 bits per heavy atom. The summed E-state index contributed by atoms with van der Waals surface area (Å²) >= 11 is 0. The van der Waals surface area contributed by atoms with Crippen molar-refractivity contribution < 1.29 is 9.47 Å². The molecule has 156 valence electrons. The molecule has 3 rings (SSSR count). The van der Waals surface area contributed by atoms with E-state index >= 15 is 0 Å². The summed E-state index contributed by atoms with van der Waals surface area (Å²) in [5.41, 5.74) is 0.850. The first-order valence-electron chi connectivity index (χ1n) is 9.23. The minimum atomic E-state index is -0.0360. The van der Waals surface area contributed by atoms with Gasteiger partial charge in [0.2, 0.25) is 0 Å². The summed E-state index contributed by atoms with van der Waals surface area (Å²) in [7, 11) is 3.39. The van der Waals surface area contributed by atoms with Crippen LogP contribution < -0.4 is 20.1 Å². The van der Waals surface area contributed by atoms with Crippen LogP contribution in [0, 0.1) is 0 Å². The Bertz CT molecular complexity index is 930. The van der Waals surface area contributed by atoms with Crippen molar-refractivity contribution in [2.45, 2.75) is 19.4 Å². The van der Waals surface area contributed by atoms with Crippen molar-refractivity contribution >= 4 is 35.6 Å². The number of ether oxygens (including phenoxy) is 2. The van der Waals surface area contributed by atoms with Crippen LogP contribution in [-0.2, 0) is 6.42 Å². The Labute approximate surface area is 187 Å². The average Bonchev–Trinajstić information content (AvgIpc) is 3.14. The highest BCUT2D eigenvalue weighted by Crippen LogP contribution is 2.19. The number of aromatic nitrogens is 3. The Morgan fingerprint density at radius 1 is 1.14 bits per heavy atom. The highest BCUT2D eigenvalue weighted by molar-refractivity contribution is 14.0. The van der Waals surface area contributed by atoms with E-state index < -0.39 is 0 Å². The summed E-state index contributed by atoms with van der Waals surface area (Å²) in [6.45, 7) is 3.31. The van der Waals surface area contributed by atoms with Gasteiger partial charge in [-0.2, -0.15) is 0 Å². The van der Waals surface area contributed by atoms with Crippen molar-refractivity contribution in [3.8, 4) is 11.5 Å². The molecule has 9 heteroatoms. The fourth-order valence-electron chi connectivity index (χ4n) is 2.76. The molecule has 0 fully saturated rings. The molecule has 8 nitrogen and oxygen atoms in total. The lowest BCUT2D eigenvalue weighted by Crippen LogP contribution is -2.42. The van der Waals surface area contributed by atoms with Gasteiger partial charge in [-0.05, 0) is 31.2 Å². The molecule has 0 aliphatic heterocycles. The van der Waals surface area contributed by atoms with Crippen LogP contribution in [0.15, 0.2) is 53.7 Å². The number of hydrogen-bond donors (Lipinski definition) is 2. The first kappa shape index (κ1) is 22.7. The number of pyridine rings is 1. The molecular formula is C20H27IN6O2. The third-order valence-corrected chi connectivity index (χ3v) is 4.18. The molecule has 2 heterocycles. The quantitative estimate of drug-likeness (QED) is 0.275. The third-order valence-electron chi connectivity index (χ3n) is 4.18. The molecule has 1 unspecified atom stereocenters. The molecule has 0 spiro atoms. The van der Waals surface area contributed by atoms with Gasteiger partial charge in [0.15, 0.2) is 11.6 Å². The molecule has 0 radical (unpaired) electrons. The lowest BCUT2D eigenvalue weighted by atomic mass is 10.3. The lowest BCUT2D eigenvalue weighted by molar-refractivity contribution is 0.223. The molecule has 3 aromatic rings. The van der Waals surface area contributed by atoms with Gasteiger partial charge in [-0.15, -0.1) is 34.2 Å². The predicted molar refractivity (Wildman–Crippen MR) is 125 cm³/mol. The number of nitrogens with zero attached hydrogens (tertiary/aromatic N) is 4. The molecule has 0 aliphatic carbocycles. The normalized spacial score (nSPS) is 12.2. The molecule has 29 heavy (non-hydrogen) atoms. The smallest absolute Gasteiger partial charge is 0.191 e. The fourth-order valence-corrected chi connectivity index (χ4v) is 2.76. The summed E-state index contributed by atoms with van der Waals surface area (Å²) in [4.78, 5) is 4.25. The van der Waals surface area contributed by atoms with Crippen LogP contribution in [-0.4, -0.2) is 53.9 Å². The average molecular weight is 510 g/mol. The van der Waals surface area contributed by atoms with Gasteiger partial charge in [-0.25, -0.2) is 0 Å². The van der Waals surface area contributed by atoms with E-state index in [9.17, 15) is 0 Å². The van der Waals surface area contributed by atoms with Gasteiger partial charge < -0.3 is 20.1 Å². The molecule has 1 atom stereocenters. The fraction of sp³-hybridized carbons (Fsp3) is 0.350. The van der Waals surface area contributed by atoms with Crippen LogP contribution in [0.1, 0.15) is 12.7 Å². The van der Waals surface area contributed by atoms with Crippen molar-refractivity contribution in [3.05, 3.63) is 54.5 Å². The van der Waals surface area contributed by atoms with Gasteiger partial charge in [0.1, 0.15) is 23.4 Å². The highest BCUT2D eigenvalue weighted by Gasteiger charge is 2.08. The Balaban J connectivity index is 0.00000300. The van der Waals surface area contributed by atoms with Crippen molar-refractivity contribution in [2.24, 2.45) is 4.99 Å². The zero-order chi connectivity index (χ0) is 19.8. The SMILES string of the molecule is CN=C(NCCc1nnc2ccccn12)NCC(C)Oc1cccc(OC)c1.I. The Morgan fingerprint density at radius 3 is 2.76 bits per heavy atom. The summed E-state index contributed by atoms with van der Waals surface area (Å²) in [6.07, 6.45) is 2.67. The van der Waals surface area contributed by atoms with Crippen LogP contribution in [0.5, 0.6) is 11.5 Å². The first-order chi connectivity index (χ1) is 13.7. The van der Waals surface area contributed by atoms with Crippen molar-refractivity contribution in [1.82, 2.24) is 25.2 Å². The molecule has 2 N–H and O–H groups in total. The zero-order valence-electron chi connectivity index (χ0n) is 16.8. The maximum atomic E-state index is 5.92. The number of fused-ring (bicyclic) bond motifs is 1. The maximum absolute atomic E-state index is 5.92. The molecule has 0 saturated heterocycles. The second-order valence-corrected chi connectivity index (χ2v) is 6.28. The van der Waals surface area contributed by atoms with E-state index in [1.54, 1.807) is 14.2 Å². The van der Waals surface area contributed by atoms with Gasteiger partial charge in [-0.3, -0.25) is 9.39 Å². The number of aliphatic imine (C=N–C) groups is 1. The van der Waals surface area contributed by atoms with E-state index in [0.717, 1.165) is 35.4 Å². The van der Waals surface area contributed by atoms with Gasteiger partial charge in [-0.1, -0.05) is 12.1 Å². The van der Waals surface area contributed by atoms with Crippen LogP contribution in [0.4, 0.5) is 0 Å². The largest absolute Gasteiger partial charge is 0.497 e. The number of nitrogens with one attached hydrogen (secondary N) is 2. The van der Waals surface area contributed by atoms with E-state index in [4.69, 9.17) is 9.47 Å². The molecule has 0 aliphatic rings. The molecule has 0 saturated carbocycles. The lowest BCUT2D eigenvalue weighted by Gasteiger charge is -2.18. The molecule has 0 amide bonds. The number of halogens is 1. The predicted octanol–water partition coefficient (Wildman–Crippen LogP) is 2.53. The van der Waals surface area contributed by atoms with Crippen molar-refractivity contribution in [2.75, 3.05) is 27.2 Å². The molecule has 0 bridgehead atoms. The Kier molecular flexibility index (Phi) is 8.97. The van der Waals surface area contributed by atoms with E-state index in [1.165, 1.54) is 0 Å². The number of hydrogen-bond acceptors (Lipinski definition) is 5. The molecule has 2 aromatic heterocycles. The second-order valence-electron chi connectivity index (χ2n) is 6.28. The highest BCUT2D eigenvalue weighted by atomic mass is 127. The third kappa shape index (κ3) is 6.48. The van der Waals surface area contributed by atoms with Crippen LogP contribution in [0.25, 0.3) is 5.65 Å². The standard InChI is InChI=1S/C20H26N6O2.HI/c1-15(28-17-8-6-7-16(13-17)27-3)14-23-20(21-2)22-11-10-19-25-24-18-9-4-5-12-26(18)19;/h4-9,12-13,15H,10-11,14H2,1-3H3,(H2,21,22,23);1H. The first-order valence-corrected chi connectivity index (χ1v) is 9.23. The molecule has 1 aromatic carbocycles. The Hall–Kier alpha value is -2.56. The number of rotatable bonds is 8. The van der Waals surface area contributed by atoms with Gasteiger partial charge >= 0.3 is 0 Å². The van der Waals surface area contributed by atoms with E-state index in [0.29, 0.717) is 13.1 Å². The van der Waals surface area contributed by atoms with Crippen molar-refractivity contribution in [1.29, 1.82) is 0 Å². The van der Waals surface area contributed by atoms with E-state index in [2.05, 4.69) is 25.8 Å². The van der Waals surface area contributed by atoms with Crippen LogP contribution in [0.2, 0.25) is 0 Å². The number of benzene rings is 1. The second kappa shape index (κ2) is 11.4. The van der Waals surface area contributed by atoms with Crippen LogP contribution in [0.3, 0.4) is 0 Å². The van der Waals surface area contributed by atoms with Crippen LogP contribution >= 0.6 is 24.0 Å². The summed E-state index contributed by atoms with van der Waals surface area (Å²) < 4.78 is 13.1. The van der Waals surface area contributed by atoms with Gasteiger partial charge in [0, 0.05) is 32.3 Å². The topological polar surface area (TPSA) is 85.1 Å². The van der Waals surface area contributed by atoms with E-state index in [1.807, 2.05) is 60.0 Å². The monoisotopic (exact) mass is 510 g/mol. The maximum Gasteiger partial charge on any atom is 0.191 e.